The fourth-order valence-electron chi connectivity index (χ4n) is 2.70. The molecule has 0 amide bonds. The van der Waals surface area contributed by atoms with Crippen molar-refractivity contribution >= 4 is 11.6 Å². The third-order valence-electron chi connectivity index (χ3n) is 3.38. The van der Waals surface area contributed by atoms with Crippen molar-refractivity contribution in [1.82, 2.24) is 9.88 Å². The zero-order chi connectivity index (χ0) is 8.84. The second-order valence-electron chi connectivity index (χ2n) is 4.07. The molecular weight excluding hydrogens is 184 g/mol. The molecule has 1 saturated carbocycles. The normalized spacial score (nSPS) is 42.8. The third-order valence-corrected chi connectivity index (χ3v) is 4.01. The van der Waals surface area contributed by atoms with Crippen LogP contribution in [0.15, 0.2) is 24.5 Å². The first-order valence-electron chi connectivity index (χ1n) is 4.86. The third kappa shape index (κ3) is 1.05. The van der Waals surface area contributed by atoms with Crippen LogP contribution in [0.4, 0.5) is 0 Å². The molecule has 1 N–H and O–H groups in total. The molecule has 2 heterocycles. The van der Waals surface area contributed by atoms with Gasteiger partial charge in [-0.3, -0.25) is 0 Å². The Kier molecular flexibility index (Phi) is 1.67. The van der Waals surface area contributed by atoms with Crippen LogP contribution in [0.5, 0.6) is 0 Å². The van der Waals surface area contributed by atoms with E-state index in [1.165, 1.54) is 6.42 Å². The number of hydrogen-bond acceptors (Lipinski definition) is 1. The van der Waals surface area contributed by atoms with Crippen LogP contribution in [0.3, 0.4) is 0 Å². The van der Waals surface area contributed by atoms with Crippen molar-refractivity contribution in [2.75, 3.05) is 6.54 Å². The summed E-state index contributed by atoms with van der Waals surface area (Å²) in [5, 5.41) is 3.83. The van der Waals surface area contributed by atoms with Gasteiger partial charge in [0.2, 0.25) is 0 Å². The van der Waals surface area contributed by atoms with E-state index in [0.29, 0.717) is 23.4 Å². The summed E-state index contributed by atoms with van der Waals surface area (Å²) in [5.74, 6) is 0.680. The van der Waals surface area contributed by atoms with E-state index in [1.807, 2.05) is 0 Å². The topological polar surface area (TPSA) is 17.0 Å². The summed E-state index contributed by atoms with van der Waals surface area (Å²) < 4.78 is 2.28. The number of nitrogens with one attached hydrogen (secondary N) is 1. The first kappa shape index (κ1) is 7.89. The molecular formula is C10H13ClN2. The van der Waals surface area contributed by atoms with Gasteiger partial charge in [0.05, 0.1) is 11.4 Å². The van der Waals surface area contributed by atoms with E-state index < -0.39 is 0 Å². The van der Waals surface area contributed by atoms with Gasteiger partial charge in [0.15, 0.2) is 0 Å². The second kappa shape index (κ2) is 2.76. The fourth-order valence-corrected chi connectivity index (χ4v) is 3.15. The molecule has 4 atom stereocenters. The van der Waals surface area contributed by atoms with Crippen molar-refractivity contribution in [2.24, 2.45) is 5.92 Å². The lowest BCUT2D eigenvalue weighted by Crippen LogP contribution is -2.35. The SMILES string of the molecule is ClC1C2CNC1C(n1cccc1)C2. The lowest BCUT2D eigenvalue weighted by Gasteiger charge is -2.24. The van der Waals surface area contributed by atoms with Crippen LogP contribution in [0.2, 0.25) is 0 Å². The van der Waals surface area contributed by atoms with Gasteiger partial charge in [-0.25, -0.2) is 0 Å². The number of hydrogen-bond donors (Lipinski definition) is 1. The van der Waals surface area contributed by atoms with Crippen LogP contribution in [0, 0.1) is 5.92 Å². The minimum absolute atomic E-state index is 0.340. The van der Waals surface area contributed by atoms with Crippen molar-refractivity contribution in [1.29, 1.82) is 0 Å². The smallest absolute Gasteiger partial charge is 0.0550 e. The van der Waals surface area contributed by atoms with Gasteiger partial charge in [0.25, 0.3) is 0 Å². The lowest BCUT2D eigenvalue weighted by atomic mass is 10.1. The molecule has 1 aliphatic carbocycles. The van der Waals surface area contributed by atoms with Gasteiger partial charge >= 0.3 is 0 Å². The molecule has 3 heteroatoms. The molecule has 0 spiro atoms. The molecule has 2 fully saturated rings. The average molecular weight is 197 g/mol. The summed E-state index contributed by atoms with van der Waals surface area (Å²) >= 11 is 6.31. The standard InChI is InChI=1S/C10H13ClN2/c11-9-7-5-8(10(9)12-6-7)13-3-1-2-4-13/h1-4,7-10,12H,5-6H2. The molecule has 2 bridgehead atoms. The molecule has 3 rings (SSSR count). The summed E-state index contributed by atoms with van der Waals surface area (Å²) in [4.78, 5) is 0. The Morgan fingerprint density at radius 1 is 1.31 bits per heavy atom. The molecule has 1 aromatic heterocycles. The molecule has 70 valence electrons. The molecule has 1 aromatic rings. The van der Waals surface area contributed by atoms with E-state index in [-0.39, 0.29) is 0 Å². The maximum Gasteiger partial charge on any atom is 0.0550 e. The summed E-state index contributed by atoms with van der Waals surface area (Å²) in [6, 6.07) is 5.22. The highest BCUT2D eigenvalue weighted by Crippen LogP contribution is 2.42. The minimum Gasteiger partial charge on any atom is -0.350 e. The highest BCUT2D eigenvalue weighted by molar-refractivity contribution is 6.21. The van der Waals surface area contributed by atoms with E-state index in [4.69, 9.17) is 11.6 Å². The number of alkyl halides is 1. The highest BCUT2D eigenvalue weighted by Gasteiger charge is 2.47. The van der Waals surface area contributed by atoms with Crippen LogP contribution in [-0.4, -0.2) is 22.5 Å². The van der Waals surface area contributed by atoms with Gasteiger partial charge in [0, 0.05) is 18.4 Å². The molecule has 1 aliphatic heterocycles. The Hall–Kier alpha value is -0.470. The van der Waals surface area contributed by atoms with Gasteiger partial charge < -0.3 is 9.88 Å². The van der Waals surface area contributed by atoms with E-state index in [9.17, 15) is 0 Å². The quantitative estimate of drug-likeness (QED) is 0.676. The predicted octanol–water partition coefficient (Wildman–Crippen LogP) is 1.63. The fraction of sp³-hybridized carbons (Fsp3) is 0.600. The van der Waals surface area contributed by atoms with Crippen LogP contribution >= 0.6 is 11.6 Å². The molecule has 4 unspecified atom stereocenters. The predicted molar refractivity (Wildman–Crippen MR) is 53.0 cm³/mol. The Morgan fingerprint density at radius 3 is 2.62 bits per heavy atom. The van der Waals surface area contributed by atoms with Crippen LogP contribution in [-0.2, 0) is 0 Å². The van der Waals surface area contributed by atoms with Crippen LogP contribution in [0.1, 0.15) is 12.5 Å². The van der Waals surface area contributed by atoms with E-state index in [2.05, 4.69) is 34.4 Å². The summed E-state index contributed by atoms with van der Waals surface area (Å²) in [7, 11) is 0. The molecule has 13 heavy (non-hydrogen) atoms. The Morgan fingerprint density at radius 2 is 2.08 bits per heavy atom. The van der Waals surface area contributed by atoms with Crippen LogP contribution < -0.4 is 5.32 Å². The maximum absolute atomic E-state index is 6.31. The number of fused-ring (bicyclic) bond motifs is 2. The molecule has 0 radical (unpaired) electrons. The lowest BCUT2D eigenvalue weighted by molar-refractivity contribution is 0.361. The Balaban J connectivity index is 1.89. The van der Waals surface area contributed by atoms with E-state index in [0.717, 1.165) is 6.54 Å². The van der Waals surface area contributed by atoms with Gasteiger partial charge in [-0.1, -0.05) is 0 Å². The minimum atomic E-state index is 0.340. The van der Waals surface area contributed by atoms with Crippen LogP contribution in [0.25, 0.3) is 0 Å². The van der Waals surface area contributed by atoms with E-state index in [1.54, 1.807) is 0 Å². The molecule has 0 aromatic carbocycles. The summed E-state index contributed by atoms with van der Waals surface area (Å²) in [6.07, 6.45) is 5.51. The number of rotatable bonds is 1. The van der Waals surface area contributed by atoms with Gasteiger partial charge in [-0.2, -0.15) is 0 Å². The number of aromatic nitrogens is 1. The number of nitrogens with zero attached hydrogens (tertiary/aromatic N) is 1. The second-order valence-corrected chi connectivity index (χ2v) is 4.58. The maximum atomic E-state index is 6.31. The van der Waals surface area contributed by atoms with Crippen molar-refractivity contribution < 1.29 is 0 Å². The van der Waals surface area contributed by atoms with Gasteiger partial charge in [-0.05, 0) is 31.0 Å². The average Bonchev–Trinajstić information content (AvgIpc) is 2.82. The number of halogens is 1. The molecule has 1 saturated heterocycles. The van der Waals surface area contributed by atoms with E-state index >= 15 is 0 Å². The first-order chi connectivity index (χ1) is 6.36. The van der Waals surface area contributed by atoms with Crippen molar-refractivity contribution in [3.8, 4) is 0 Å². The highest BCUT2D eigenvalue weighted by atomic mass is 35.5. The first-order valence-corrected chi connectivity index (χ1v) is 5.30. The summed E-state index contributed by atoms with van der Waals surface area (Å²) in [5.41, 5.74) is 0. The van der Waals surface area contributed by atoms with Crippen molar-refractivity contribution in [3.05, 3.63) is 24.5 Å². The van der Waals surface area contributed by atoms with Crippen molar-refractivity contribution in [3.63, 3.8) is 0 Å². The van der Waals surface area contributed by atoms with Gasteiger partial charge in [0.1, 0.15) is 0 Å². The molecule has 2 nitrogen and oxygen atoms in total. The zero-order valence-corrected chi connectivity index (χ0v) is 8.11. The van der Waals surface area contributed by atoms with Crippen molar-refractivity contribution in [2.45, 2.75) is 23.9 Å². The summed E-state index contributed by atoms with van der Waals surface area (Å²) in [6.45, 7) is 1.11. The Bertz CT molecular complexity index is 296. The van der Waals surface area contributed by atoms with Gasteiger partial charge in [-0.15, -0.1) is 11.6 Å². The monoisotopic (exact) mass is 196 g/mol. The Labute approximate surface area is 82.9 Å². The largest absolute Gasteiger partial charge is 0.350 e. The molecule has 2 aliphatic rings. The number of piperidine rings is 1. The zero-order valence-electron chi connectivity index (χ0n) is 7.36.